The van der Waals surface area contributed by atoms with Crippen LogP contribution in [0.1, 0.15) is 34.3 Å². The van der Waals surface area contributed by atoms with E-state index in [0.29, 0.717) is 35.6 Å². The zero-order valence-corrected chi connectivity index (χ0v) is 23.7. The van der Waals surface area contributed by atoms with E-state index in [1.165, 1.54) is 12.1 Å². The third-order valence-electron chi connectivity index (χ3n) is 7.81. The number of piperazine rings is 1. The van der Waals surface area contributed by atoms with Crippen molar-refractivity contribution >= 4 is 33.0 Å². The Balaban J connectivity index is 1.44. The van der Waals surface area contributed by atoms with Crippen LogP contribution in [-0.4, -0.2) is 64.5 Å². The molecule has 3 aromatic carbocycles. The summed E-state index contributed by atoms with van der Waals surface area (Å²) in [5.74, 6) is -1.03. The molecule has 0 atom stereocenters. The van der Waals surface area contributed by atoms with Crippen molar-refractivity contribution in [3.05, 3.63) is 83.2 Å². The summed E-state index contributed by atoms with van der Waals surface area (Å²) in [4.78, 5) is 19.3. The van der Waals surface area contributed by atoms with Crippen molar-refractivity contribution in [3.63, 3.8) is 0 Å². The van der Waals surface area contributed by atoms with Crippen molar-refractivity contribution in [1.82, 2.24) is 10.2 Å². The van der Waals surface area contributed by atoms with E-state index in [1.807, 2.05) is 30.0 Å². The molecule has 2 fully saturated rings. The second-order valence-electron chi connectivity index (χ2n) is 10.4. The summed E-state index contributed by atoms with van der Waals surface area (Å²) < 4.78 is 39.6. The monoisotopic (exact) mass is 576 g/mol. The molecule has 0 unspecified atom stereocenters. The lowest BCUT2D eigenvalue weighted by Gasteiger charge is -2.38. The summed E-state index contributed by atoms with van der Waals surface area (Å²) in [6.07, 6.45) is 1.67. The molecule has 0 bridgehead atoms. The highest BCUT2D eigenvalue weighted by atomic mass is 32.2. The van der Waals surface area contributed by atoms with E-state index < -0.39 is 21.7 Å². The molecule has 214 valence electrons. The maximum absolute atomic E-state index is 15.4. The molecule has 2 saturated heterocycles. The van der Waals surface area contributed by atoms with E-state index >= 15 is 4.39 Å². The third kappa shape index (κ3) is 5.91. The maximum Gasteiger partial charge on any atom is 0.257 e. The zero-order chi connectivity index (χ0) is 29.1. The lowest BCUT2D eigenvalue weighted by molar-refractivity contribution is 0.0742. The first kappa shape index (κ1) is 28.5. The van der Waals surface area contributed by atoms with Gasteiger partial charge in [-0.05, 0) is 74.8 Å². The number of rotatable bonds is 6. The first-order valence-corrected chi connectivity index (χ1v) is 15.2. The van der Waals surface area contributed by atoms with Gasteiger partial charge < -0.3 is 20.0 Å². The molecule has 41 heavy (non-hydrogen) atoms. The number of piperidine rings is 1. The number of primary sulfonamides is 1. The molecule has 0 radical (unpaired) electrons. The van der Waals surface area contributed by atoms with Gasteiger partial charge in [-0.15, -0.1) is 0 Å². The number of amides is 1. The lowest BCUT2D eigenvalue weighted by atomic mass is 9.98. The number of nitrogens with two attached hydrogens (primary N) is 1. The number of nitrogens with one attached hydrogen (secondary N) is 1. The van der Waals surface area contributed by atoms with Crippen molar-refractivity contribution in [2.24, 2.45) is 5.14 Å². The highest BCUT2D eigenvalue weighted by Crippen LogP contribution is 2.37. The Morgan fingerprint density at radius 2 is 1.68 bits per heavy atom. The van der Waals surface area contributed by atoms with Gasteiger partial charge in [0, 0.05) is 37.9 Å². The molecule has 0 aliphatic carbocycles. The van der Waals surface area contributed by atoms with Gasteiger partial charge in [-0.25, -0.2) is 17.9 Å². The molecule has 3 N–H and O–H groups in total. The van der Waals surface area contributed by atoms with Crippen LogP contribution < -0.4 is 20.3 Å². The summed E-state index contributed by atoms with van der Waals surface area (Å²) in [6.45, 7) is 4.77. The number of nitriles is 1. The number of aryl methyl sites for hydroxylation is 1. The Hall–Kier alpha value is -3.98. The van der Waals surface area contributed by atoms with Gasteiger partial charge in [0.15, 0.2) is 0 Å². The molecular formula is C30H33FN6O3S. The number of carbonyl (C=O) groups excluding carboxylic acids is 1. The Labute approximate surface area is 240 Å². The number of sulfonamides is 1. The van der Waals surface area contributed by atoms with Gasteiger partial charge in [0.2, 0.25) is 10.0 Å². The quantitative estimate of drug-likeness (QED) is 0.461. The van der Waals surface area contributed by atoms with Crippen molar-refractivity contribution in [3.8, 4) is 6.07 Å². The molecule has 0 saturated carbocycles. The Bertz CT molecular complexity index is 1590. The molecule has 2 heterocycles. The van der Waals surface area contributed by atoms with Crippen LogP contribution >= 0.6 is 0 Å². The summed E-state index contributed by atoms with van der Waals surface area (Å²) in [5, 5.41) is 18.6. The van der Waals surface area contributed by atoms with Gasteiger partial charge in [0.1, 0.15) is 16.8 Å². The SMILES string of the molecule is Cc1cc(F)c(C(=O)N2CCN(c3ccccc3S(N)(=O)=O)CC2)cc1N(c1ccccc1C#N)C1CCNCC1. The molecule has 2 aliphatic heterocycles. The number of anilines is 3. The molecule has 1 amide bonds. The summed E-state index contributed by atoms with van der Waals surface area (Å²) in [5.41, 5.74) is 3.08. The standard InChI is InChI=1S/C30H33FN6O3S/c1-21-18-25(31)24(19-28(21)37(23-10-12-34-13-11-23)26-7-3-2-6-22(26)20-32)30(38)36-16-14-35(15-17-36)27-8-4-5-9-29(27)41(33,39)40/h2-9,18-19,23,34H,10-17H2,1H3,(H2,33,39,40). The van der Waals surface area contributed by atoms with E-state index in [2.05, 4.69) is 16.3 Å². The first-order chi connectivity index (χ1) is 19.7. The first-order valence-electron chi connectivity index (χ1n) is 13.6. The fraction of sp³-hybridized carbons (Fsp3) is 0.333. The minimum absolute atomic E-state index is 0.0302. The highest BCUT2D eigenvalue weighted by molar-refractivity contribution is 7.89. The van der Waals surface area contributed by atoms with Crippen molar-refractivity contribution < 1.29 is 17.6 Å². The summed E-state index contributed by atoms with van der Waals surface area (Å²) in [6, 6.07) is 19.2. The third-order valence-corrected chi connectivity index (χ3v) is 8.77. The van der Waals surface area contributed by atoms with Crippen molar-refractivity contribution in [2.75, 3.05) is 49.1 Å². The van der Waals surface area contributed by atoms with Gasteiger partial charge in [-0.1, -0.05) is 24.3 Å². The molecule has 9 nitrogen and oxygen atoms in total. The molecular weight excluding hydrogens is 543 g/mol. The van der Waals surface area contributed by atoms with Gasteiger partial charge in [0.05, 0.1) is 22.5 Å². The average Bonchev–Trinajstić information content (AvgIpc) is 2.98. The minimum Gasteiger partial charge on any atom is -0.367 e. The van der Waals surface area contributed by atoms with Crippen LogP contribution in [0.3, 0.4) is 0 Å². The fourth-order valence-corrected chi connectivity index (χ4v) is 6.49. The highest BCUT2D eigenvalue weighted by Gasteiger charge is 2.30. The van der Waals surface area contributed by atoms with Crippen LogP contribution in [0.5, 0.6) is 0 Å². The predicted molar refractivity (Wildman–Crippen MR) is 156 cm³/mol. The number of nitrogens with zero attached hydrogens (tertiary/aromatic N) is 4. The van der Waals surface area contributed by atoms with E-state index in [9.17, 15) is 18.5 Å². The van der Waals surface area contributed by atoms with Crippen LogP contribution in [0.4, 0.5) is 21.5 Å². The topological polar surface area (TPSA) is 123 Å². The molecule has 3 aromatic rings. The smallest absolute Gasteiger partial charge is 0.257 e. The van der Waals surface area contributed by atoms with Gasteiger partial charge in [-0.3, -0.25) is 4.79 Å². The fourth-order valence-electron chi connectivity index (χ4n) is 5.73. The second-order valence-corrected chi connectivity index (χ2v) is 11.9. The molecule has 0 aromatic heterocycles. The number of halogens is 1. The predicted octanol–water partition coefficient (Wildman–Crippen LogP) is 3.51. The Morgan fingerprint density at radius 1 is 1.02 bits per heavy atom. The minimum atomic E-state index is -3.92. The maximum atomic E-state index is 15.4. The molecule has 11 heteroatoms. The van der Waals surface area contributed by atoms with Crippen LogP contribution in [-0.2, 0) is 10.0 Å². The zero-order valence-electron chi connectivity index (χ0n) is 22.9. The summed E-state index contributed by atoms with van der Waals surface area (Å²) >= 11 is 0. The number of carbonyl (C=O) groups is 1. The number of hydrogen-bond acceptors (Lipinski definition) is 7. The summed E-state index contributed by atoms with van der Waals surface area (Å²) in [7, 11) is -3.92. The van der Waals surface area contributed by atoms with E-state index in [-0.39, 0.29) is 29.6 Å². The van der Waals surface area contributed by atoms with Crippen molar-refractivity contribution in [1.29, 1.82) is 5.26 Å². The van der Waals surface area contributed by atoms with Gasteiger partial charge in [-0.2, -0.15) is 5.26 Å². The molecule has 0 spiro atoms. The van der Waals surface area contributed by atoms with Gasteiger partial charge in [0.25, 0.3) is 5.91 Å². The van der Waals surface area contributed by atoms with Crippen LogP contribution in [0.15, 0.2) is 65.6 Å². The van der Waals surface area contributed by atoms with Crippen LogP contribution in [0.25, 0.3) is 0 Å². The lowest BCUT2D eigenvalue weighted by Crippen LogP contribution is -2.49. The number of benzene rings is 3. The van der Waals surface area contributed by atoms with Crippen molar-refractivity contribution in [2.45, 2.75) is 30.7 Å². The molecule has 5 rings (SSSR count). The largest absolute Gasteiger partial charge is 0.367 e. The van der Waals surface area contributed by atoms with E-state index in [1.54, 1.807) is 35.2 Å². The Morgan fingerprint density at radius 3 is 2.37 bits per heavy atom. The van der Waals surface area contributed by atoms with E-state index in [0.717, 1.165) is 31.6 Å². The number of para-hydroxylation sites is 2. The van der Waals surface area contributed by atoms with E-state index in [4.69, 9.17) is 5.14 Å². The second kappa shape index (κ2) is 11.9. The van der Waals surface area contributed by atoms with Crippen LogP contribution in [0, 0.1) is 24.1 Å². The van der Waals surface area contributed by atoms with Gasteiger partial charge >= 0.3 is 0 Å². The normalized spacial score (nSPS) is 16.3. The van der Waals surface area contributed by atoms with Crippen LogP contribution in [0.2, 0.25) is 0 Å². The number of hydrogen-bond donors (Lipinski definition) is 2. The average molecular weight is 577 g/mol. The Kier molecular flexibility index (Phi) is 8.26. The molecule has 2 aliphatic rings.